The zero-order valence-electron chi connectivity index (χ0n) is 34.1. The number of benzene rings is 1. The number of phenols is 1. The van der Waals surface area contributed by atoms with Gasteiger partial charge in [-0.05, 0) is 117 Å². The molecule has 0 aliphatic heterocycles. The van der Waals surface area contributed by atoms with Gasteiger partial charge < -0.3 is 34.6 Å². The van der Waals surface area contributed by atoms with Crippen LogP contribution in [0, 0.1) is 11.8 Å². The number of esters is 1. The largest absolute Gasteiger partial charge is 0.506 e. The zero-order valence-corrected chi connectivity index (χ0v) is 36.8. The number of aliphatic hydroxyl groups is 1. The number of aromatic nitrogens is 1. The summed E-state index contributed by atoms with van der Waals surface area (Å²) in [6.45, 7) is 13.9. The first-order valence-corrected chi connectivity index (χ1v) is 25.3. The molecular weight excluding hydrogens is 759 g/mol. The molecule has 0 spiro atoms. The van der Waals surface area contributed by atoms with Crippen molar-refractivity contribution in [1.82, 2.24) is 15.2 Å². The summed E-state index contributed by atoms with van der Waals surface area (Å²) in [5.74, 6) is 0.377. The predicted molar refractivity (Wildman–Crippen MR) is 231 cm³/mol. The second-order valence-electron chi connectivity index (χ2n) is 17.6. The monoisotopic (exact) mass is 821 g/mol. The van der Waals surface area contributed by atoms with E-state index in [9.17, 15) is 19.8 Å². The molecule has 9 nitrogen and oxygen atoms in total. The fourth-order valence-corrected chi connectivity index (χ4v) is 11.7. The summed E-state index contributed by atoms with van der Waals surface area (Å²) in [7, 11) is 0.129. The lowest BCUT2D eigenvalue weighted by Gasteiger charge is -2.39. The van der Waals surface area contributed by atoms with Crippen LogP contribution >= 0.6 is 22.7 Å². The summed E-state index contributed by atoms with van der Waals surface area (Å²) in [4.78, 5) is 32.2. The van der Waals surface area contributed by atoms with E-state index in [1.54, 1.807) is 12.1 Å². The number of carbonyl (C=O) groups is 1. The molecule has 0 saturated heterocycles. The number of hydrogen-bond donors (Lipinski definition) is 4. The summed E-state index contributed by atoms with van der Waals surface area (Å²) in [5.41, 5.74) is -0.551. The van der Waals surface area contributed by atoms with E-state index in [2.05, 4.69) is 56.1 Å². The lowest BCUT2D eigenvalue weighted by atomic mass is 9.96. The Morgan fingerprint density at radius 3 is 2.27 bits per heavy atom. The Hall–Kier alpha value is -2.84. The number of aromatic hydroxyl groups is 1. The van der Waals surface area contributed by atoms with Gasteiger partial charge in [-0.15, -0.1) is 22.7 Å². The third kappa shape index (κ3) is 9.54. The first-order valence-electron chi connectivity index (χ1n) is 20.7. The van der Waals surface area contributed by atoms with Crippen LogP contribution in [0.15, 0.2) is 64.1 Å². The molecule has 4 aromatic rings. The van der Waals surface area contributed by atoms with Gasteiger partial charge in [0.1, 0.15) is 11.9 Å². The minimum absolute atomic E-state index is 0.0432. The van der Waals surface area contributed by atoms with Crippen molar-refractivity contribution in [3.63, 3.8) is 0 Å². The molecule has 6 rings (SSSR count). The van der Waals surface area contributed by atoms with Gasteiger partial charge in [-0.1, -0.05) is 71.1 Å². The first kappa shape index (κ1) is 42.8. The van der Waals surface area contributed by atoms with Crippen LogP contribution in [0.3, 0.4) is 0 Å². The first-order chi connectivity index (χ1) is 26.7. The number of fused-ring (bicyclic) bond motifs is 3. The fourth-order valence-electron chi connectivity index (χ4n) is 8.73. The van der Waals surface area contributed by atoms with Crippen molar-refractivity contribution in [2.24, 2.45) is 11.8 Å². The van der Waals surface area contributed by atoms with Gasteiger partial charge in [0.05, 0.1) is 21.4 Å². The van der Waals surface area contributed by atoms with Gasteiger partial charge in [0.25, 0.3) is 0 Å². The molecule has 1 aromatic carbocycles. The van der Waals surface area contributed by atoms with Crippen LogP contribution in [0.1, 0.15) is 106 Å². The Balaban J connectivity index is 0.897. The van der Waals surface area contributed by atoms with E-state index < -0.39 is 19.9 Å². The molecule has 12 heteroatoms. The third-order valence-electron chi connectivity index (χ3n) is 12.8. The zero-order chi connectivity index (χ0) is 40.1. The molecule has 4 N–H and O–H groups in total. The number of pyridine rings is 1. The number of rotatable bonds is 20. The third-order valence-corrected chi connectivity index (χ3v) is 19.3. The van der Waals surface area contributed by atoms with Crippen LogP contribution in [0.2, 0.25) is 18.1 Å². The van der Waals surface area contributed by atoms with E-state index in [1.807, 2.05) is 41.1 Å². The van der Waals surface area contributed by atoms with E-state index in [0.717, 1.165) is 43.3 Å². The molecule has 5 atom stereocenters. The maximum Gasteiger partial charge on any atom is 0.349 e. The maximum atomic E-state index is 13.7. The molecule has 0 amide bonds. The molecule has 56 heavy (non-hydrogen) atoms. The highest BCUT2D eigenvalue weighted by Crippen LogP contribution is 2.49. The number of unbranched alkanes of at least 4 members (excludes halogenated alkanes) is 6. The van der Waals surface area contributed by atoms with Crippen molar-refractivity contribution in [1.29, 1.82) is 0 Å². The topological polar surface area (TPSA) is 124 Å². The van der Waals surface area contributed by atoms with E-state index in [4.69, 9.17) is 9.16 Å². The summed E-state index contributed by atoms with van der Waals surface area (Å²) in [5, 5.41) is 30.5. The van der Waals surface area contributed by atoms with Gasteiger partial charge in [-0.25, -0.2) is 4.79 Å². The van der Waals surface area contributed by atoms with Gasteiger partial charge in [-0.3, -0.25) is 4.79 Å². The lowest BCUT2D eigenvalue weighted by molar-refractivity contribution is -0.170. The lowest BCUT2D eigenvalue weighted by Crippen LogP contribution is -2.43. The Labute approximate surface area is 342 Å². The smallest absolute Gasteiger partial charge is 0.349 e. The van der Waals surface area contributed by atoms with Gasteiger partial charge in [-0.2, -0.15) is 0 Å². The van der Waals surface area contributed by atoms with Crippen LogP contribution in [-0.4, -0.2) is 73.2 Å². The number of aromatic amines is 1. The molecule has 3 heterocycles. The average molecular weight is 822 g/mol. The molecule has 2 bridgehead atoms. The van der Waals surface area contributed by atoms with Crippen molar-refractivity contribution < 1.29 is 24.2 Å². The minimum atomic E-state index is -2.11. The minimum Gasteiger partial charge on any atom is -0.506 e. The molecule has 0 radical (unpaired) electrons. The fraction of sp³-hybridized carbons (Fsp3) is 0.591. The van der Waals surface area contributed by atoms with Crippen LogP contribution in [0.4, 0.5) is 0 Å². The van der Waals surface area contributed by atoms with Crippen molar-refractivity contribution in [2.75, 3.05) is 26.7 Å². The average Bonchev–Trinajstić information content (AvgIpc) is 3.99. The summed E-state index contributed by atoms with van der Waals surface area (Å²) >= 11 is 2.77. The SMILES string of the molecule is CN(CCCCCCCCCNC[C@H](O[Si](C)(C)C(C)(C)C)c1ccc(O)c2[nH]c(=O)ccc12)C1C2CCC1C(OC(=O)C(O)(c1cccs1)c1cccs1)C2. The van der Waals surface area contributed by atoms with E-state index in [-0.39, 0.29) is 28.6 Å². The molecule has 3 aromatic heterocycles. The maximum absolute atomic E-state index is 13.7. The van der Waals surface area contributed by atoms with E-state index in [0.29, 0.717) is 39.7 Å². The number of ether oxygens (including phenoxy) is 1. The summed E-state index contributed by atoms with van der Waals surface area (Å²) < 4.78 is 13.1. The number of thiophene rings is 2. The van der Waals surface area contributed by atoms with Crippen molar-refractivity contribution in [2.45, 2.75) is 127 Å². The Kier molecular flexibility index (Phi) is 14.0. The highest BCUT2D eigenvalue weighted by molar-refractivity contribution is 7.12. The van der Waals surface area contributed by atoms with E-state index in [1.165, 1.54) is 73.7 Å². The van der Waals surface area contributed by atoms with Crippen molar-refractivity contribution >= 4 is 47.9 Å². The number of hydrogen-bond acceptors (Lipinski definition) is 10. The predicted octanol–water partition coefficient (Wildman–Crippen LogP) is 9.32. The molecule has 2 aliphatic carbocycles. The van der Waals surface area contributed by atoms with Crippen molar-refractivity contribution in [3.8, 4) is 5.75 Å². The normalized spacial score (nSPS) is 20.6. The summed E-state index contributed by atoms with van der Waals surface area (Å²) in [6, 6.07) is 14.7. The van der Waals surface area contributed by atoms with Crippen LogP contribution in [0.5, 0.6) is 5.75 Å². The number of nitrogens with zero attached hydrogens (tertiary/aromatic N) is 1. The second-order valence-corrected chi connectivity index (χ2v) is 24.3. The van der Waals surface area contributed by atoms with Gasteiger partial charge in [0.2, 0.25) is 11.2 Å². The van der Waals surface area contributed by atoms with Crippen LogP contribution in [0.25, 0.3) is 10.9 Å². The molecular formula is C44H63N3O6S2Si. The molecule has 2 aliphatic rings. The van der Waals surface area contributed by atoms with Gasteiger partial charge >= 0.3 is 5.97 Å². The Morgan fingerprint density at radius 1 is 0.964 bits per heavy atom. The van der Waals surface area contributed by atoms with Crippen LogP contribution < -0.4 is 10.9 Å². The number of nitrogens with one attached hydrogen (secondary N) is 2. The molecule has 2 fully saturated rings. The molecule has 4 unspecified atom stereocenters. The quantitative estimate of drug-likeness (QED) is 0.0395. The highest BCUT2D eigenvalue weighted by Gasteiger charge is 2.53. The molecule has 2 saturated carbocycles. The van der Waals surface area contributed by atoms with E-state index >= 15 is 0 Å². The van der Waals surface area contributed by atoms with Gasteiger partial charge in [0.15, 0.2) is 8.32 Å². The number of H-pyrrole nitrogens is 1. The standard InChI is InChI=1S/C44H63N3O6S2Si/c1-43(2,3)56(5,6)53-36(31-20-22-34(48)40-32(31)21-23-39(49)46-40)29-45-24-12-10-8-7-9-11-13-25-47(4)41-30-18-19-33(41)35(28-30)52-42(50)44(51,37-16-14-26-54-37)38-17-15-27-55-38/h14-17,20-23,26-27,30,33,35-36,41,45,48,51H,7-13,18-19,24-25,28-29H2,1-6H3,(H,46,49)/t30?,33?,35?,36-,41?/m0/s1. The Bertz CT molecular complexity index is 1890. The summed E-state index contributed by atoms with van der Waals surface area (Å²) in [6.07, 6.45) is 11.2. The highest BCUT2D eigenvalue weighted by atomic mass is 32.1. The Morgan fingerprint density at radius 2 is 1.62 bits per heavy atom. The number of carbonyl (C=O) groups excluding carboxylic acids is 1. The molecule has 306 valence electrons. The van der Waals surface area contributed by atoms with Crippen molar-refractivity contribution in [3.05, 3.63) is 85.0 Å². The van der Waals surface area contributed by atoms with Gasteiger partial charge in [0, 0.05) is 30.0 Å². The second kappa shape index (κ2) is 18.4. The number of phenolic OH excluding ortho intramolecular Hbond substituents is 1. The van der Waals surface area contributed by atoms with Crippen LogP contribution in [-0.2, 0) is 19.6 Å².